The highest BCUT2D eigenvalue weighted by Crippen LogP contribution is 2.46. The molecule has 2 heteroatoms. The van der Waals surface area contributed by atoms with E-state index < -0.39 is 5.41 Å². The summed E-state index contributed by atoms with van der Waals surface area (Å²) in [6.07, 6.45) is 3.29. The van der Waals surface area contributed by atoms with Crippen LogP contribution in [-0.4, -0.2) is 12.1 Å². The molecule has 0 N–H and O–H groups in total. The first-order chi connectivity index (χ1) is 5.44. The lowest BCUT2D eigenvalue weighted by atomic mass is 9.59. The standard InChI is InChI=1S/C10H16O2/c1-9(2)6-4-5-8(12)10(9,3)7-11/h7H,4-6H2,1-3H3. The minimum atomic E-state index is -0.745. The van der Waals surface area contributed by atoms with Crippen LogP contribution in [-0.2, 0) is 9.59 Å². The summed E-state index contributed by atoms with van der Waals surface area (Å²) in [7, 11) is 0. The maximum Gasteiger partial charge on any atom is 0.146 e. The lowest BCUT2D eigenvalue weighted by molar-refractivity contribution is -0.144. The lowest BCUT2D eigenvalue weighted by Crippen LogP contribution is -2.46. The van der Waals surface area contributed by atoms with Crippen molar-refractivity contribution in [3.05, 3.63) is 0 Å². The fraction of sp³-hybridized carbons (Fsp3) is 0.800. The average Bonchev–Trinajstić information content (AvgIpc) is 2.00. The molecule has 1 aliphatic carbocycles. The molecule has 0 spiro atoms. The SMILES string of the molecule is CC1(C)CCCC(=O)C1(C)C=O. The van der Waals surface area contributed by atoms with E-state index in [9.17, 15) is 9.59 Å². The molecule has 1 atom stereocenters. The van der Waals surface area contributed by atoms with E-state index in [1.165, 1.54) is 0 Å². The Morgan fingerprint density at radius 1 is 1.33 bits per heavy atom. The number of ketones is 1. The molecule has 0 aromatic heterocycles. The van der Waals surface area contributed by atoms with E-state index in [0.29, 0.717) is 6.42 Å². The van der Waals surface area contributed by atoms with Crippen molar-refractivity contribution < 1.29 is 9.59 Å². The predicted octanol–water partition coefficient (Wildman–Crippen LogP) is 1.97. The molecule has 1 rings (SSSR count). The van der Waals surface area contributed by atoms with Crippen LogP contribution in [0.2, 0.25) is 0 Å². The van der Waals surface area contributed by atoms with Gasteiger partial charge in [-0.2, -0.15) is 0 Å². The van der Waals surface area contributed by atoms with Crippen molar-refractivity contribution in [3.63, 3.8) is 0 Å². The Kier molecular flexibility index (Phi) is 2.11. The van der Waals surface area contributed by atoms with E-state index >= 15 is 0 Å². The Morgan fingerprint density at radius 2 is 1.92 bits per heavy atom. The summed E-state index contributed by atoms with van der Waals surface area (Å²) < 4.78 is 0. The normalized spacial score (nSPS) is 34.8. The molecule has 68 valence electrons. The molecule has 1 aliphatic rings. The number of rotatable bonds is 1. The van der Waals surface area contributed by atoms with Crippen LogP contribution in [0.1, 0.15) is 40.0 Å². The predicted molar refractivity (Wildman–Crippen MR) is 46.8 cm³/mol. The van der Waals surface area contributed by atoms with Gasteiger partial charge in [0.2, 0.25) is 0 Å². The van der Waals surface area contributed by atoms with Crippen LogP contribution in [0.3, 0.4) is 0 Å². The first-order valence-corrected chi connectivity index (χ1v) is 4.44. The molecule has 0 amide bonds. The highest BCUT2D eigenvalue weighted by molar-refractivity contribution is 5.99. The van der Waals surface area contributed by atoms with Crippen molar-refractivity contribution in [2.75, 3.05) is 0 Å². The summed E-state index contributed by atoms with van der Waals surface area (Å²) in [6, 6.07) is 0. The topological polar surface area (TPSA) is 34.1 Å². The Labute approximate surface area is 73.3 Å². The van der Waals surface area contributed by atoms with E-state index in [4.69, 9.17) is 0 Å². The second-order valence-electron chi connectivity index (χ2n) is 4.48. The minimum absolute atomic E-state index is 0.105. The molecule has 0 heterocycles. The molecular formula is C10H16O2. The van der Waals surface area contributed by atoms with E-state index in [1.54, 1.807) is 6.92 Å². The molecule has 0 aromatic carbocycles. The van der Waals surface area contributed by atoms with Crippen molar-refractivity contribution in [1.82, 2.24) is 0 Å². The van der Waals surface area contributed by atoms with Crippen LogP contribution < -0.4 is 0 Å². The molecule has 12 heavy (non-hydrogen) atoms. The minimum Gasteiger partial charge on any atom is -0.302 e. The van der Waals surface area contributed by atoms with Crippen molar-refractivity contribution in [2.45, 2.75) is 40.0 Å². The van der Waals surface area contributed by atoms with Crippen molar-refractivity contribution >= 4 is 12.1 Å². The average molecular weight is 168 g/mol. The smallest absolute Gasteiger partial charge is 0.146 e. The molecule has 0 bridgehead atoms. The van der Waals surface area contributed by atoms with E-state index in [-0.39, 0.29) is 11.2 Å². The van der Waals surface area contributed by atoms with Gasteiger partial charge in [0.15, 0.2) is 0 Å². The summed E-state index contributed by atoms with van der Waals surface area (Å²) in [6.45, 7) is 5.76. The summed E-state index contributed by atoms with van der Waals surface area (Å²) in [5.74, 6) is 0.105. The fourth-order valence-electron chi connectivity index (χ4n) is 1.81. The number of hydrogen-bond donors (Lipinski definition) is 0. The van der Waals surface area contributed by atoms with Crippen LogP contribution in [0.25, 0.3) is 0 Å². The maximum absolute atomic E-state index is 11.5. The lowest BCUT2D eigenvalue weighted by Gasteiger charge is -2.42. The Morgan fingerprint density at radius 3 is 2.25 bits per heavy atom. The van der Waals surface area contributed by atoms with E-state index in [0.717, 1.165) is 19.1 Å². The fourth-order valence-corrected chi connectivity index (χ4v) is 1.81. The number of hydrogen-bond acceptors (Lipinski definition) is 2. The zero-order valence-corrected chi connectivity index (χ0v) is 8.02. The number of Topliss-reactive ketones (excluding diaryl/α,β-unsaturated/α-hetero) is 1. The molecule has 1 fully saturated rings. The molecular weight excluding hydrogens is 152 g/mol. The number of aldehydes is 1. The molecule has 1 saturated carbocycles. The zero-order chi connectivity index (χ0) is 9.41. The van der Waals surface area contributed by atoms with Crippen LogP contribution in [0.5, 0.6) is 0 Å². The highest BCUT2D eigenvalue weighted by Gasteiger charge is 2.48. The molecule has 2 nitrogen and oxygen atoms in total. The third-order valence-electron chi connectivity index (χ3n) is 3.43. The van der Waals surface area contributed by atoms with E-state index in [1.807, 2.05) is 13.8 Å². The van der Waals surface area contributed by atoms with Gasteiger partial charge in [0.25, 0.3) is 0 Å². The van der Waals surface area contributed by atoms with Gasteiger partial charge < -0.3 is 4.79 Å². The second-order valence-corrected chi connectivity index (χ2v) is 4.48. The zero-order valence-electron chi connectivity index (χ0n) is 8.02. The van der Waals surface area contributed by atoms with Gasteiger partial charge in [0.05, 0.1) is 5.41 Å². The van der Waals surface area contributed by atoms with Gasteiger partial charge in [0, 0.05) is 6.42 Å². The van der Waals surface area contributed by atoms with Crippen LogP contribution >= 0.6 is 0 Å². The van der Waals surface area contributed by atoms with Gasteiger partial charge in [-0.3, -0.25) is 4.79 Å². The van der Waals surface area contributed by atoms with E-state index in [2.05, 4.69) is 0 Å². The quantitative estimate of drug-likeness (QED) is 0.443. The van der Waals surface area contributed by atoms with Crippen molar-refractivity contribution in [1.29, 1.82) is 0 Å². The number of carbonyl (C=O) groups excluding carboxylic acids is 2. The van der Waals surface area contributed by atoms with Gasteiger partial charge >= 0.3 is 0 Å². The second kappa shape index (κ2) is 2.68. The highest BCUT2D eigenvalue weighted by atomic mass is 16.1. The summed E-state index contributed by atoms with van der Waals surface area (Å²) in [5, 5.41) is 0. The largest absolute Gasteiger partial charge is 0.302 e. The molecule has 0 aliphatic heterocycles. The molecule has 1 unspecified atom stereocenters. The van der Waals surface area contributed by atoms with Crippen LogP contribution in [0, 0.1) is 10.8 Å². The number of carbonyl (C=O) groups is 2. The molecule has 0 saturated heterocycles. The maximum atomic E-state index is 11.5. The third kappa shape index (κ3) is 1.10. The summed E-state index contributed by atoms with van der Waals surface area (Å²) in [5.41, 5.74) is -0.907. The Bertz CT molecular complexity index is 218. The molecule has 0 radical (unpaired) electrons. The van der Waals surface area contributed by atoms with Gasteiger partial charge in [-0.25, -0.2) is 0 Å². The summed E-state index contributed by atoms with van der Waals surface area (Å²) in [4.78, 5) is 22.4. The Hall–Kier alpha value is -0.660. The van der Waals surface area contributed by atoms with Crippen molar-refractivity contribution in [3.8, 4) is 0 Å². The van der Waals surface area contributed by atoms with Crippen LogP contribution in [0.4, 0.5) is 0 Å². The van der Waals surface area contributed by atoms with Crippen LogP contribution in [0.15, 0.2) is 0 Å². The van der Waals surface area contributed by atoms with Gasteiger partial charge in [0.1, 0.15) is 12.1 Å². The van der Waals surface area contributed by atoms with Crippen molar-refractivity contribution in [2.24, 2.45) is 10.8 Å². The first-order valence-electron chi connectivity index (χ1n) is 4.44. The molecule has 0 aromatic rings. The third-order valence-corrected chi connectivity index (χ3v) is 3.43. The monoisotopic (exact) mass is 168 g/mol. The summed E-state index contributed by atoms with van der Waals surface area (Å²) >= 11 is 0. The van der Waals surface area contributed by atoms with Gasteiger partial charge in [-0.1, -0.05) is 13.8 Å². The van der Waals surface area contributed by atoms with Gasteiger partial charge in [-0.05, 0) is 25.2 Å². The van der Waals surface area contributed by atoms with Gasteiger partial charge in [-0.15, -0.1) is 0 Å². The Balaban J connectivity index is 3.04. The first kappa shape index (κ1) is 9.43.